The van der Waals surface area contributed by atoms with Gasteiger partial charge in [-0.3, -0.25) is 4.79 Å². The highest BCUT2D eigenvalue weighted by atomic mass is 35.5. The van der Waals surface area contributed by atoms with E-state index in [4.69, 9.17) is 11.6 Å². The fourth-order valence-electron chi connectivity index (χ4n) is 2.43. The topological polar surface area (TPSA) is 62.5 Å². The molecule has 0 spiro atoms. The van der Waals surface area contributed by atoms with Gasteiger partial charge >= 0.3 is 0 Å². The molecule has 0 aliphatic carbocycles. The monoisotopic (exact) mass is 289 g/mol. The number of pyridine rings is 1. The minimum atomic E-state index is -0.247. The van der Waals surface area contributed by atoms with E-state index in [2.05, 4.69) is 0 Å². The number of hydrogen-bond donors (Lipinski definition) is 2. The molecule has 0 atom stereocenters. The molecule has 1 heterocycles. The number of halogens is 1. The van der Waals surface area contributed by atoms with Gasteiger partial charge in [0.1, 0.15) is 11.5 Å². The van der Waals surface area contributed by atoms with E-state index in [1.807, 2.05) is 0 Å². The van der Waals surface area contributed by atoms with Crippen LogP contribution in [0.15, 0.2) is 29.1 Å². The Hall–Kier alpha value is -2.20. The molecule has 0 radical (unpaired) electrons. The summed E-state index contributed by atoms with van der Waals surface area (Å²) in [5, 5.41) is 21.6. The van der Waals surface area contributed by atoms with Crippen molar-refractivity contribution in [2.24, 2.45) is 7.05 Å². The number of aromatic hydroxyl groups is 2. The molecule has 0 fully saturated rings. The van der Waals surface area contributed by atoms with Gasteiger partial charge in [-0.05, 0) is 36.1 Å². The highest BCUT2D eigenvalue weighted by Crippen LogP contribution is 2.33. The first-order valence-corrected chi connectivity index (χ1v) is 6.42. The van der Waals surface area contributed by atoms with Crippen molar-refractivity contribution >= 4 is 33.3 Å². The van der Waals surface area contributed by atoms with Crippen LogP contribution in [0, 0.1) is 6.92 Å². The molecular formula is C15H12ClNO3. The van der Waals surface area contributed by atoms with E-state index in [0.717, 1.165) is 5.39 Å². The van der Waals surface area contributed by atoms with E-state index < -0.39 is 0 Å². The van der Waals surface area contributed by atoms with E-state index in [-0.39, 0.29) is 22.1 Å². The van der Waals surface area contributed by atoms with Crippen LogP contribution in [0.3, 0.4) is 0 Å². The Balaban J connectivity index is 2.68. The molecule has 0 aliphatic rings. The van der Waals surface area contributed by atoms with Crippen molar-refractivity contribution in [1.29, 1.82) is 0 Å². The van der Waals surface area contributed by atoms with Crippen molar-refractivity contribution in [3.8, 4) is 11.5 Å². The third-order valence-corrected chi connectivity index (χ3v) is 3.89. The average Bonchev–Trinajstić information content (AvgIpc) is 2.41. The van der Waals surface area contributed by atoms with Crippen LogP contribution in [0.25, 0.3) is 21.7 Å². The van der Waals surface area contributed by atoms with Crippen LogP contribution in [0.2, 0.25) is 5.02 Å². The molecule has 4 nitrogen and oxygen atoms in total. The highest BCUT2D eigenvalue weighted by Gasteiger charge is 2.13. The van der Waals surface area contributed by atoms with Crippen molar-refractivity contribution in [1.82, 2.24) is 4.57 Å². The van der Waals surface area contributed by atoms with Crippen LogP contribution in [0.1, 0.15) is 5.56 Å². The van der Waals surface area contributed by atoms with Crippen molar-refractivity contribution < 1.29 is 10.2 Å². The van der Waals surface area contributed by atoms with Gasteiger partial charge in [-0.25, -0.2) is 0 Å². The molecule has 0 bridgehead atoms. The van der Waals surface area contributed by atoms with Crippen LogP contribution in [0.4, 0.5) is 0 Å². The third-order valence-electron chi connectivity index (χ3n) is 3.59. The second kappa shape index (κ2) is 4.15. The first-order valence-electron chi connectivity index (χ1n) is 6.04. The molecule has 0 unspecified atom stereocenters. The fraction of sp³-hybridized carbons (Fsp3) is 0.133. The van der Waals surface area contributed by atoms with Crippen molar-refractivity contribution in [2.75, 3.05) is 0 Å². The summed E-state index contributed by atoms with van der Waals surface area (Å²) in [6.45, 7) is 1.79. The lowest BCUT2D eigenvalue weighted by atomic mass is 10.0. The Morgan fingerprint density at radius 3 is 2.40 bits per heavy atom. The van der Waals surface area contributed by atoms with Gasteiger partial charge in [-0.2, -0.15) is 0 Å². The number of fused-ring (bicyclic) bond motifs is 3. The summed E-state index contributed by atoms with van der Waals surface area (Å²) >= 11 is 5.94. The number of rotatable bonds is 0. The summed E-state index contributed by atoms with van der Waals surface area (Å²) in [6, 6.07) is 6.32. The summed E-state index contributed by atoms with van der Waals surface area (Å²) in [7, 11) is 1.63. The second-order valence-electron chi connectivity index (χ2n) is 4.87. The van der Waals surface area contributed by atoms with E-state index in [0.29, 0.717) is 21.9 Å². The maximum atomic E-state index is 12.3. The van der Waals surface area contributed by atoms with E-state index in [1.165, 1.54) is 10.6 Å². The zero-order chi connectivity index (χ0) is 14.6. The van der Waals surface area contributed by atoms with Crippen molar-refractivity contribution in [3.05, 3.63) is 45.2 Å². The summed E-state index contributed by atoms with van der Waals surface area (Å²) in [5.41, 5.74) is 1.08. The number of nitrogens with zero attached hydrogens (tertiary/aromatic N) is 1. The average molecular weight is 290 g/mol. The van der Waals surface area contributed by atoms with Crippen LogP contribution in [-0.2, 0) is 7.05 Å². The number of phenols is 2. The minimum Gasteiger partial charge on any atom is -0.508 e. The lowest BCUT2D eigenvalue weighted by Gasteiger charge is -2.11. The maximum absolute atomic E-state index is 12.3. The molecule has 102 valence electrons. The Labute approximate surface area is 119 Å². The Morgan fingerprint density at radius 2 is 1.70 bits per heavy atom. The summed E-state index contributed by atoms with van der Waals surface area (Å²) < 4.78 is 1.45. The number of phenolic OH excluding ortho intramolecular Hbond substituents is 2. The molecule has 1 aromatic heterocycles. The van der Waals surface area contributed by atoms with Crippen LogP contribution < -0.4 is 5.56 Å². The smallest absolute Gasteiger partial charge is 0.258 e. The lowest BCUT2D eigenvalue weighted by molar-refractivity contribution is 0.471. The molecule has 20 heavy (non-hydrogen) atoms. The molecule has 2 N–H and O–H groups in total. The summed E-state index contributed by atoms with van der Waals surface area (Å²) in [5.74, 6) is 0.0165. The van der Waals surface area contributed by atoms with Crippen LogP contribution in [-0.4, -0.2) is 14.8 Å². The first kappa shape index (κ1) is 12.8. The molecule has 0 saturated carbocycles. The molecule has 0 aliphatic heterocycles. The van der Waals surface area contributed by atoms with Gasteiger partial charge in [0.2, 0.25) is 0 Å². The van der Waals surface area contributed by atoms with E-state index in [1.54, 1.807) is 32.2 Å². The van der Waals surface area contributed by atoms with Crippen molar-refractivity contribution in [3.63, 3.8) is 0 Å². The molecule has 2 aromatic carbocycles. The summed E-state index contributed by atoms with van der Waals surface area (Å²) in [6.07, 6.45) is 0. The quantitative estimate of drug-likeness (QED) is 0.625. The zero-order valence-corrected chi connectivity index (χ0v) is 11.7. The minimum absolute atomic E-state index is 0.119. The first-order chi connectivity index (χ1) is 9.40. The zero-order valence-electron chi connectivity index (χ0n) is 10.9. The maximum Gasteiger partial charge on any atom is 0.258 e. The van der Waals surface area contributed by atoms with Gasteiger partial charge < -0.3 is 14.8 Å². The fourth-order valence-corrected chi connectivity index (χ4v) is 2.59. The van der Waals surface area contributed by atoms with Gasteiger partial charge in [0.05, 0.1) is 15.9 Å². The van der Waals surface area contributed by atoms with Gasteiger partial charge in [-0.15, -0.1) is 0 Å². The predicted octanol–water partition coefficient (Wildman–Crippen LogP) is 3.06. The number of aromatic nitrogens is 1. The molecule has 3 rings (SSSR count). The number of aryl methyl sites for hydroxylation is 2. The molecular weight excluding hydrogens is 278 g/mol. The van der Waals surface area contributed by atoms with Gasteiger partial charge in [0.25, 0.3) is 5.56 Å². The van der Waals surface area contributed by atoms with Gasteiger partial charge in [0, 0.05) is 18.5 Å². The van der Waals surface area contributed by atoms with Crippen LogP contribution >= 0.6 is 11.6 Å². The van der Waals surface area contributed by atoms with Gasteiger partial charge in [0.15, 0.2) is 0 Å². The van der Waals surface area contributed by atoms with Crippen LogP contribution in [0.5, 0.6) is 11.5 Å². The number of hydrogen-bond acceptors (Lipinski definition) is 3. The highest BCUT2D eigenvalue weighted by molar-refractivity contribution is 6.33. The third kappa shape index (κ3) is 1.65. The SMILES string of the molecule is Cc1cc2c3cc(Cl)c(O)cc3c(=O)n(C)c2cc1O. The normalized spacial score (nSPS) is 11.3. The lowest BCUT2D eigenvalue weighted by Crippen LogP contribution is -2.17. The summed E-state index contributed by atoms with van der Waals surface area (Å²) in [4.78, 5) is 12.3. The molecule has 0 amide bonds. The molecule has 3 aromatic rings. The van der Waals surface area contributed by atoms with Gasteiger partial charge in [-0.1, -0.05) is 11.6 Å². The largest absolute Gasteiger partial charge is 0.508 e. The van der Waals surface area contributed by atoms with E-state index in [9.17, 15) is 15.0 Å². The molecule has 0 saturated heterocycles. The Morgan fingerprint density at radius 1 is 1.00 bits per heavy atom. The number of benzene rings is 2. The predicted molar refractivity (Wildman–Crippen MR) is 79.8 cm³/mol. The van der Waals surface area contributed by atoms with E-state index >= 15 is 0 Å². The standard InChI is InChI=1S/C15H12ClNO3/c1-7-3-9-8-4-11(16)14(19)5-10(8)15(20)17(2)12(9)6-13(7)18/h3-6,18-19H,1-2H3. The Bertz CT molecular complexity index is 928. The Kier molecular flexibility index (Phi) is 2.66. The second-order valence-corrected chi connectivity index (χ2v) is 5.28. The van der Waals surface area contributed by atoms with Crippen molar-refractivity contribution in [2.45, 2.75) is 6.92 Å². The molecule has 5 heteroatoms.